The van der Waals surface area contributed by atoms with Gasteiger partial charge in [0.1, 0.15) is 11.8 Å². The van der Waals surface area contributed by atoms with Gasteiger partial charge in [-0.25, -0.2) is 0 Å². The maximum atomic E-state index is 12.5. The Morgan fingerprint density at radius 2 is 2.05 bits per heavy atom. The molecule has 2 aliphatic rings. The fraction of sp³-hybridized carbons (Fsp3) is 0.400. The second-order valence-electron chi connectivity index (χ2n) is 5.37. The first-order chi connectivity index (χ1) is 10.0. The first-order valence-electron chi connectivity index (χ1n) is 6.83. The van der Waals surface area contributed by atoms with Gasteiger partial charge in [0.15, 0.2) is 0 Å². The van der Waals surface area contributed by atoms with E-state index in [1.165, 1.54) is 0 Å². The highest BCUT2D eigenvalue weighted by Crippen LogP contribution is 2.32. The minimum atomic E-state index is -0.576. The van der Waals surface area contributed by atoms with Crippen LogP contribution >= 0.6 is 0 Å². The second-order valence-corrected chi connectivity index (χ2v) is 5.37. The average molecular weight is 288 g/mol. The summed E-state index contributed by atoms with van der Waals surface area (Å²) in [5.41, 5.74) is 2.47. The number of carbonyl (C=O) groups excluding carboxylic acids is 3. The van der Waals surface area contributed by atoms with Gasteiger partial charge in [0.25, 0.3) is 5.91 Å². The zero-order valence-electron chi connectivity index (χ0n) is 11.9. The molecule has 0 aromatic heterocycles. The van der Waals surface area contributed by atoms with E-state index in [0.29, 0.717) is 24.3 Å². The highest BCUT2D eigenvalue weighted by atomic mass is 16.5. The van der Waals surface area contributed by atoms with Crippen molar-refractivity contribution in [1.29, 1.82) is 0 Å². The van der Waals surface area contributed by atoms with Gasteiger partial charge in [0.2, 0.25) is 11.8 Å². The van der Waals surface area contributed by atoms with Crippen LogP contribution in [-0.4, -0.2) is 35.8 Å². The van der Waals surface area contributed by atoms with Crippen LogP contribution in [0.5, 0.6) is 5.75 Å². The third-order valence-electron chi connectivity index (χ3n) is 4.09. The number of hydrogen-bond acceptors (Lipinski definition) is 4. The van der Waals surface area contributed by atoms with Crippen LogP contribution in [0.3, 0.4) is 0 Å². The largest absolute Gasteiger partial charge is 0.497 e. The number of imide groups is 1. The molecule has 1 unspecified atom stereocenters. The number of hydrogen-bond donors (Lipinski definition) is 1. The van der Waals surface area contributed by atoms with Crippen molar-refractivity contribution in [3.05, 3.63) is 28.8 Å². The number of piperidine rings is 1. The number of benzene rings is 1. The van der Waals surface area contributed by atoms with E-state index in [-0.39, 0.29) is 18.2 Å². The summed E-state index contributed by atoms with van der Waals surface area (Å²) in [7, 11) is 1.55. The van der Waals surface area contributed by atoms with Crippen LogP contribution in [-0.2, 0) is 16.1 Å². The molecular weight excluding hydrogens is 272 g/mol. The predicted octanol–water partition coefficient (Wildman–Crippen LogP) is 0.765. The van der Waals surface area contributed by atoms with E-state index in [2.05, 4.69) is 5.32 Å². The van der Waals surface area contributed by atoms with Gasteiger partial charge in [-0.2, -0.15) is 0 Å². The van der Waals surface area contributed by atoms with Crippen molar-refractivity contribution in [3.63, 3.8) is 0 Å². The second kappa shape index (κ2) is 4.87. The standard InChI is InChI=1S/C15H16N2O4/c1-8-5-9(21-2)6-10-11(8)7-17(15(10)20)12-3-4-13(18)16-14(12)19/h5-6,12H,3-4,7H2,1-2H3,(H,16,18,19). The Kier molecular flexibility index (Phi) is 3.16. The highest BCUT2D eigenvalue weighted by molar-refractivity contribution is 6.05. The van der Waals surface area contributed by atoms with Crippen LogP contribution in [0.15, 0.2) is 12.1 Å². The van der Waals surface area contributed by atoms with E-state index in [1.807, 2.05) is 13.0 Å². The lowest BCUT2D eigenvalue weighted by molar-refractivity contribution is -0.136. The maximum absolute atomic E-state index is 12.5. The third kappa shape index (κ3) is 2.16. The average Bonchev–Trinajstić information content (AvgIpc) is 2.77. The minimum absolute atomic E-state index is 0.179. The van der Waals surface area contributed by atoms with Crippen molar-refractivity contribution in [3.8, 4) is 5.75 Å². The fourth-order valence-electron chi connectivity index (χ4n) is 2.93. The summed E-state index contributed by atoms with van der Waals surface area (Å²) in [6, 6.07) is 3.00. The molecular formula is C15H16N2O4. The minimum Gasteiger partial charge on any atom is -0.497 e. The van der Waals surface area contributed by atoms with E-state index in [0.717, 1.165) is 11.1 Å². The molecule has 2 heterocycles. The fourth-order valence-corrected chi connectivity index (χ4v) is 2.93. The molecule has 1 aromatic carbocycles. The van der Waals surface area contributed by atoms with Gasteiger partial charge in [-0.15, -0.1) is 0 Å². The molecule has 1 saturated heterocycles. The Balaban J connectivity index is 1.92. The van der Waals surface area contributed by atoms with Gasteiger partial charge >= 0.3 is 0 Å². The highest BCUT2D eigenvalue weighted by Gasteiger charge is 2.39. The van der Waals surface area contributed by atoms with E-state index in [1.54, 1.807) is 18.1 Å². The topological polar surface area (TPSA) is 75.7 Å². The first-order valence-corrected chi connectivity index (χ1v) is 6.83. The lowest BCUT2D eigenvalue weighted by Gasteiger charge is -2.29. The zero-order chi connectivity index (χ0) is 15.1. The lowest BCUT2D eigenvalue weighted by Crippen LogP contribution is -2.52. The van der Waals surface area contributed by atoms with Gasteiger partial charge in [0, 0.05) is 18.5 Å². The van der Waals surface area contributed by atoms with Crippen LogP contribution in [0.1, 0.15) is 34.3 Å². The first kappa shape index (κ1) is 13.6. The molecule has 6 heteroatoms. The number of carbonyl (C=O) groups is 3. The SMILES string of the molecule is COc1cc(C)c2c(c1)C(=O)N(C1CCC(=O)NC1=O)C2. The molecule has 0 aliphatic carbocycles. The predicted molar refractivity (Wildman–Crippen MR) is 73.8 cm³/mol. The summed E-state index contributed by atoms with van der Waals surface area (Å²) >= 11 is 0. The van der Waals surface area contributed by atoms with Gasteiger partial charge in [0.05, 0.1) is 7.11 Å². The van der Waals surface area contributed by atoms with Gasteiger partial charge in [-0.05, 0) is 36.6 Å². The van der Waals surface area contributed by atoms with Crippen molar-refractivity contribution in [1.82, 2.24) is 10.2 Å². The molecule has 0 bridgehead atoms. The molecule has 1 N–H and O–H groups in total. The van der Waals surface area contributed by atoms with E-state index < -0.39 is 11.9 Å². The lowest BCUT2D eigenvalue weighted by atomic mass is 10.0. The normalized spacial score (nSPS) is 21.3. The van der Waals surface area contributed by atoms with Gasteiger partial charge in [-0.3, -0.25) is 19.7 Å². The molecule has 0 spiro atoms. The molecule has 0 saturated carbocycles. The summed E-state index contributed by atoms with van der Waals surface area (Å²) in [6.07, 6.45) is 0.638. The quantitative estimate of drug-likeness (QED) is 0.815. The molecule has 1 fully saturated rings. The number of fused-ring (bicyclic) bond motifs is 1. The molecule has 1 aromatic rings. The van der Waals surface area contributed by atoms with Gasteiger partial charge < -0.3 is 9.64 Å². The Hall–Kier alpha value is -2.37. The van der Waals surface area contributed by atoms with E-state index >= 15 is 0 Å². The number of nitrogens with one attached hydrogen (secondary N) is 1. The van der Waals surface area contributed by atoms with Crippen molar-refractivity contribution in [2.24, 2.45) is 0 Å². The molecule has 21 heavy (non-hydrogen) atoms. The Bertz CT molecular complexity index is 653. The molecule has 6 nitrogen and oxygen atoms in total. The van der Waals surface area contributed by atoms with Crippen LogP contribution in [0, 0.1) is 6.92 Å². The Labute approximate surface area is 122 Å². The monoisotopic (exact) mass is 288 g/mol. The molecule has 3 amide bonds. The summed E-state index contributed by atoms with van der Waals surface area (Å²) in [5.74, 6) is -0.221. The van der Waals surface area contributed by atoms with Crippen LogP contribution < -0.4 is 10.1 Å². The number of amides is 3. The van der Waals surface area contributed by atoms with E-state index in [4.69, 9.17) is 4.74 Å². The van der Waals surface area contributed by atoms with Crippen molar-refractivity contribution in [2.75, 3.05) is 7.11 Å². The van der Waals surface area contributed by atoms with Crippen LogP contribution in [0.4, 0.5) is 0 Å². The van der Waals surface area contributed by atoms with Crippen molar-refractivity contribution in [2.45, 2.75) is 32.4 Å². The Morgan fingerprint density at radius 3 is 2.71 bits per heavy atom. The number of ether oxygens (including phenoxy) is 1. The number of nitrogens with zero attached hydrogens (tertiary/aromatic N) is 1. The van der Waals surface area contributed by atoms with Crippen molar-refractivity contribution < 1.29 is 19.1 Å². The zero-order valence-corrected chi connectivity index (χ0v) is 11.9. The summed E-state index contributed by atoms with van der Waals surface area (Å²) in [5, 5.41) is 2.29. The molecule has 2 aliphatic heterocycles. The van der Waals surface area contributed by atoms with Crippen LogP contribution in [0.2, 0.25) is 0 Å². The smallest absolute Gasteiger partial charge is 0.255 e. The van der Waals surface area contributed by atoms with E-state index in [9.17, 15) is 14.4 Å². The number of aryl methyl sites for hydroxylation is 1. The molecule has 1 atom stereocenters. The molecule has 3 rings (SSSR count). The van der Waals surface area contributed by atoms with Crippen LogP contribution in [0.25, 0.3) is 0 Å². The van der Waals surface area contributed by atoms with Crippen molar-refractivity contribution >= 4 is 17.7 Å². The summed E-state index contributed by atoms with van der Waals surface area (Å²) in [4.78, 5) is 37.3. The van der Waals surface area contributed by atoms with Gasteiger partial charge in [-0.1, -0.05) is 0 Å². The Morgan fingerprint density at radius 1 is 1.29 bits per heavy atom. The summed E-state index contributed by atoms with van der Waals surface area (Å²) < 4.78 is 5.19. The maximum Gasteiger partial charge on any atom is 0.255 e. The third-order valence-corrected chi connectivity index (χ3v) is 4.09. The summed E-state index contributed by atoms with van der Waals surface area (Å²) in [6.45, 7) is 2.32. The number of methoxy groups -OCH3 is 1. The number of rotatable bonds is 2. The molecule has 110 valence electrons. The molecule has 0 radical (unpaired) electrons.